The summed E-state index contributed by atoms with van der Waals surface area (Å²) in [6.07, 6.45) is 3.88. The van der Waals surface area contributed by atoms with Gasteiger partial charge in [0.15, 0.2) is 5.82 Å². The zero-order chi connectivity index (χ0) is 16.9. The largest absolute Gasteiger partial charge is 0.343 e. The number of halogens is 1. The summed E-state index contributed by atoms with van der Waals surface area (Å²) in [6, 6.07) is 7.03. The third-order valence-electron chi connectivity index (χ3n) is 4.15. The van der Waals surface area contributed by atoms with Crippen molar-refractivity contribution in [3.63, 3.8) is 0 Å². The molecule has 126 valence electrons. The first-order chi connectivity index (χ1) is 11.6. The van der Waals surface area contributed by atoms with Gasteiger partial charge in [-0.2, -0.15) is 0 Å². The van der Waals surface area contributed by atoms with Crippen LogP contribution in [0.5, 0.6) is 0 Å². The van der Waals surface area contributed by atoms with Gasteiger partial charge in [-0.1, -0.05) is 23.7 Å². The predicted molar refractivity (Wildman–Crippen MR) is 91.9 cm³/mol. The number of hydrogen-bond acceptors (Lipinski definition) is 4. The fourth-order valence-corrected chi connectivity index (χ4v) is 3.01. The molecule has 1 aromatic carbocycles. The average molecular weight is 347 g/mol. The molecule has 2 heterocycles. The number of rotatable bonds is 4. The Hall–Kier alpha value is -2.21. The molecule has 1 aliphatic heterocycles. The van der Waals surface area contributed by atoms with Gasteiger partial charge in [0.05, 0.1) is 0 Å². The molecule has 6 nitrogen and oxygen atoms in total. The van der Waals surface area contributed by atoms with Gasteiger partial charge in [-0.3, -0.25) is 9.59 Å². The molecule has 0 saturated carbocycles. The van der Waals surface area contributed by atoms with E-state index in [0.717, 1.165) is 25.9 Å². The van der Waals surface area contributed by atoms with E-state index in [0.29, 0.717) is 22.8 Å². The maximum Gasteiger partial charge on any atom is 0.273 e. The minimum atomic E-state index is -0.314. The molecular formula is C17H19ClN4O2. The van der Waals surface area contributed by atoms with E-state index in [2.05, 4.69) is 15.2 Å². The quantitative estimate of drug-likeness (QED) is 0.922. The standard InChI is InChI=1S/C17H19ClN4O2/c18-13-6-4-5-12(11-13)16-19-17(24)14(20-21-16)7-8-15(23)22-9-2-1-3-10-22/h4-6,11H,1-3,7-10H2,(H,19,21,24). The SMILES string of the molecule is O=C(CCc1nnc(-c2cccc(Cl)c2)[nH]c1=O)N1CCCCC1. The van der Waals surface area contributed by atoms with E-state index in [1.54, 1.807) is 24.3 Å². The van der Waals surface area contributed by atoms with Crippen molar-refractivity contribution >= 4 is 17.5 Å². The van der Waals surface area contributed by atoms with Crippen molar-refractivity contribution < 1.29 is 4.79 Å². The highest BCUT2D eigenvalue weighted by Gasteiger charge is 2.17. The van der Waals surface area contributed by atoms with Crippen LogP contribution < -0.4 is 5.56 Å². The number of amides is 1. The van der Waals surface area contributed by atoms with Crippen LogP contribution in [0.3, 0.4) is 0 Å². The lowest BCUT2D eigenvalue weighted by Crippen LogP contribution is -2.36. The molecule has 24 heavy (non-hydrogen) atoms. The minimum Gasteiger partial charge on any atom is -0.343 e. The molecule has 1 N–H and O–H groups in total. The van der Waals surface area contributed by atoms with Gasteiger partial charge in [0.1, 0.15) is 5.69 Å². The highest BCUT2D eigenvalue weighted by Crippen LogP contribution is 2.18. The summed E-state index contributed by atoms with van der Waals surface area (Å²) in [6.45, 7) is 1.63. The van der Waals surface area contributed by atoms with Gasteiger partial charge >= 0.3 is 0 Å². The maximum atomic E-state index is 12.2. The molecule has 2 aromatic rings. The topological polar surface area (TPSA) is 79.0 Å². The number of aromatic amines is 1. The molecule has 0 unspecified atom stereocenters. The highest BCUT2D eigenvalue weighted by molar-refractivity contribution is 6.30. The smallest absolute Gasteiger partial charge is 0.273 e. The van der Waals surface area contributed by atoms with Crippen LogP contribution in [0.2, 0.25) is 5.02 Å². The van der Waals surface area contributed by atoms with Gasteiger partial charge in [-0.05, 0) is 31.4 Å². The Bertz CT molecular complexity index is 784. The summed E-state index contributed by atoms with van der Waals surface area (Å²) >= 11 is 5.94. The van der Waals surface area contributed by atoms with Gasteiger partial charge in [0.25, 0.3) is 5.56 Å². The Morgan fingerprint density at radius 1 is 1.21 bits per heavy atom. The zero-order valence-corrected chi connectivity index (χ0v) is 14.1. The molecule has 1 aromatic heterocycles. The van der Waals surface area contributed by atoms with E-state index in [4.69, 9.17) is 11.6 Å². The van der Waals surface area contributed by atoms with E-state index >= 15 is 0 Å². The Labute approximate surface area is 144 Å². The van der Waals surface area contributed by atoms with Crippen molar-refractivity contribution in [2.75, 3.05) is 13.1 Å². The first kappa shape index (κ1) is 16.6. The van der Waals surface area contributed by atoms with Crippen LogP contribution >= 0.6 is 11.6 Å². The van der Waals surface area contributed by atoms with Crippen LogP contribution in [0.15, 0.2) is 29.1 Å². The molecule has 3 rings (SSSR count). The molecule has 0 spiro atoms. The van der Waals surface area contributed by atoms with Crippen LogP contribution in [-0.2, 0) is 11.2 Å². The van der Waals surface area contributed by atoms with Crippen LogP contribution in [0.25, 0.3) is 11.4 Å². The number of carbonyl (C=O) groups excluding carboxylic acids is 1. The normalized spacial score (nSPS) is 14.6. The lowest BCUT2D eigenvalue weighted by atomic mass is 10.1. The van der Waals surface area contributed by atoms with Gasteiger partial charge in [-0.15, -0.1) is 10.2 Å². The third-order valence-corrected chi connectivity index (χ3v) is 4.38. The van der Waals surface area contributed by atoms with Crippen molar-refractivity contribution in [3.8, 4) is 11.4 Å². The van der Waals surface area contributed by atoms with E-state index in [1.165, 1.54) is 6.42 Å². The molecule has 7 heteroatoms. The summed E-state index contributed by atoms with van der Waals surface area (Å²) in [5.74, 6) is 0.448. The van der Waals surface area contributed by atoms with Crippen molar-refractivity contribution in [3.05, 3.63) is 45.3 Å². The van der Waals surface area contributed by atoms with Gasteiger partial charge in [0, 0.05) is 36.5 Å². The van der Waals surface area contributed by atoms with Crippen molar-refractivity contribution in [1.29, 1.82) is 0 Å². The highest BCUT2D eigenvalue weighted by atomic mass is 35.5. The first-order valence-corrected chi connectivity index (χ1v) is 8.51. The van der Waals surface area contributed by atoms with Crippen molar-refractivity contribution in [1.82, 2.24) is 20.1 Å². The number of benzene rings is 1. The summed E-state index contributed by atoms with van der Waals surface area (Å²) < 4.78 is 0. The van der Waals surface area contributed by atoms with Crippen LogP contribution in [0, 0.1) is 0 Å². The summed E-state index contributed by atoms with van der Waals surface area (Å²) in [4.78, 5) is 28.9. The van der Waals surface area contributed by atoms with Crippen molar-refractivity contribution in [2.24, 2.45) is 0 Å². The third kappa shape index (κ3) is 4.00. The van der Waals surface area contributed by atoms with Crippen LogP contribution in [-0.4, -0.2) is 39.1 Å². The van der Waals surface area contributed by atoms with Crippen LogP contribution in [0.4, 0.5) is 0 Å². The molecule has 0 radical (unpaired) electrons. The number of hydrogen-bond donors (Lipinski definition) is 1. The second-order valence-electron chi connectivity index (χ2n) is 5.90. The lowest BCUT2D eigenvalue weighted by molar-refractivity contribution is -0.132. The molecule has 1 amide bonds. The number of nitrogens with one attached hydrogen (secondary N) is 1. The number of likely N-dealkylation sites (tertiary alicyclic amines) is 1. The number of aromatic nitrogens is 3. The number of piperidine rings is 1. The fourth-order valence-electron chi connectivity index (χ4n) is 2.82. The summed E-state index contributed by atoms with van der Waals surface area (Å²) in [7, 11) is 0. The number of aryl methyl sites for hydroxylation is 1. The molecule has 0 aliphatic carbocycles. The van der Waals surface area contributed by atoms with E-state index < -0.39 is 0 Å². The zero-order valence-electron chi connectivity index (χ0n) is 13.3. The molecule has 0 atom stereocenters. The molecule has 1 aliphatic rings. The first-order valence-electron chi connectivity index (χ1n) is 8.13. The van der Waals surface area contributed by atoms with E-state index in [9.17, 15) is 9.59 Å². The summed E-state index contributed by atoms with van der Waals surface area (Å²) in [5.41, 5.74) is 0.667. The Kier molecular flexibility index (Phi) is 5.25. The number of carbonyl (C=O) groups is 1. The fraction of sp³-hybridized carbons (Fsp3) is 0.412. The summed E-state index contributed by atoms with van der Waals surface area (Å²) in [5, 5.41) is 8.61. The Balaban J connectivity index is 1.67. The van der Waals surface area contributed by atoms with Crippen molar-refractivity contribution in [2.45, 2.75) is 32.1 Å². The Morgan fingerprint density at radius 2 is 2.00 bits per heavy atom. The molecule has 1 saturated heterocycles. The predicted octanol–water partition coefficient (Wildman–Crippen LogP) is 2.43. The minimum absolute atomic E-state index is 0.0785. The maximum absolute atomic E-state index is 12.2. The lowest BCUT2D eigenvalue weighted by Gasteiger charge is -2.26. The monoisotopic (exact) mass is 346 g/mol. The average Bonchev–Trinajstić information content (AvgIpc) is 2.61. The van der Waals surface area contributed by atoms with E-state index in [-0.39, 0.29) is 23.6 Å². The van der Waals surface area contributed by atoms with Gasteiger partial charge in [-0.25, -0.2) is 0 Å². The van der Waals surface area contributed by atoms with Crippen LogP contribution in [0.1, 0.15) is 31.4 Å². The second-order valence-corrected chi connectivity index (χ2v) is 6.34. The molecular weight excluding hydrogens is 328 g/mol. The molecule has 0 bridgehead atoms. The molecule has 1 fully saturated rings. The van der Waals surface area contributed by atoms with E-state index in [1.807, 2.05) is 4.90 Å². The number of H-pyrrole nitrogens is 1. The van der Waals surface area contributed by atoms with Gasteiger partial charge in [0.2, 0.25) is 5.91 Å². The van der Waals surface area contributed by atoms with Gasteiger partial charge < -0.3 is 9.88 Å². The number of nitrogens with zero attached hydrogens (tertiary/aromatic N) is 3. The second kappa shape index (κ2) is 7.57. The Morgan fingerprint density at radius 3 is 2.71 bits per heavy atom.